The number of rotatable bonds is 6. The van der Waals surface area contributed by atoms with Gasteiger partial charge in [0.05, 0.1) is 21.3 Å². The van der Waals surface area contributed by atoms with Gasteiger partial charge in [-0.2, -0.15) is 0 Å². The van der Waals surface area contributed by atoms with Gasteiger partial charge in [-0.25, -0.2) is 4.79 Å². The summed E-state index contributed by atoms with van der Waals surface area (Å²) in [6.07, 6.45) is 2.73. The van der Waals surface area contributed by atoms with Crippen LogP contribution in [0.3, 0.4) is 0 Å². The topological polar surface area (TPSA) is 90.3 Å². The van der Waals surface area contributed by atoms with Gasteiger partial charge in [-0.1, -0.05) is 12.1 Å². The Bertz CT molecular complexity index is 1140. The molecule has 1 fully saturated rings. The van der Waals surface area contributed by atoms with E-state index >= 15 is 0 Å². The molecule has 0 bridgehead atoms. The third-order valence-electron chi connectivity index (χ3n) is 6.90. The second kappa shape index (κ2) is 10.9. The zero-order chi connectivity index (χ0) is 24.9. The summed E-state index contributed by atoms with van der Waals surface area (Å²) in [5, 5.41) is 0. The van der Waals surface area contributed by atoms with Crippen LogP contribution in [0.5, 0.6) is 11.5 Å². The maximum absolute atomic E-state index is 13.8. The molecule has 0 saturated carbocycles. The van der Waals surface area contributed by atoms with E-state index in [9.17, 15) is 14.4 Å². The molecule has 0 spiro atoms. The first kappa shape index (κ1) is 24.8. The average Bonchev–Trinajstić information content (AvgIpc) is 3.10. The first-order valence-electron chi connectivity index (χ1n) is 12.0. The number of fused-ring (bicyclic) bond motifs is 1. The summed E-state index contributed by atoms with van der Waals surface area (Å²) in [5.41, 5.74) is 1.94. The third-order valence-corrected chi connectivity index (χ3v) is 6.90. The highest BCUT2D eigenvalue weighted by atomic mass is 16.5. The van der Waals surface area contributed by atoms with Crippen molar-refractivity contribution in [2.45, 2.75) is 44.8 Å². The van der Waals surface area contributed by atoms with E-state index in [1.165, 1.54) is 20.3 Å². The molecule has 35 heavy (non-hydrogen) atoms. The van der Waals surface area contributed by atoms with Crippen molar-refractivity contribution in [3.63, 3.8) is 0 Å². The van der Waals surface area contributed by atoms with Crippen molar-refractivity contribution >= 4 is 11.9 Å². The van der Waals surface area contributed by atoms with Crippen molar-refractivity contribution in [1.82, 2.24) is 14.4 Å². The van der Waals surface area contributed by atoms with E-state index in [4.69, 9.17) is 14.2 Å². The van der Waals surface area contributed by atoms with Crippen molar-refractivity contribution in [2.24, 2.45) is 0 Å². The number of likely N-dealkylation sites (tertiary alicyclic amines) is 1. The monoisotopic (exact) mass is 483 g/mol. The Labute approximate surface area is 205 Å². The average molecular weight is 484 g/mol. The maximum Gasteiger partial charge on any atom is 0.328 e. The number of hydrogen-bond acceptors (Lipinski definition) is 7. The molecule has 1 saturated heterocycles. The van der Waals surface area contributed by atoms with Crippen LogP contribution in [0.25, 0.3) is 0 Å². The second-order valence-corrected chi connectivity index (χ2v) is 8.94. The highest BCUT2D eigenvalue weighted by Crippen LogP contribution is 2.28. The number of nitrogens with zero attached hydrogens (tertiary/aromatic N) is 3. The number of pyridine rings is 1. The summed E-state index contributed by atoms with van der Waals surface area (Å²) in [6.45, 7) is 2.96. The quantitative estimate of drug-likeness (QED) is 0.581. The van der Waals surface area contributed by atoms with Gasteiger partial charge >= 0.3 is 5.97 Å². The van der Waals surface area contributed by atoms with Crippen LogP contribution in [0, 0.1) is 0 Å². The zero-order valence-corrected chi connectivity index (χ0v) is 20.6. The van der Waals surface area contributed by atoms with Gasteiger partial charge in [0.2, 0.25) is 0 Å². The van der Waals surface area contributed by atoms with E-state index in [1.54, 1.807) is 16.6 Å². The molecule has 1 aromatic heterocycles. The molecule has 188 valence electrons. The second-order valence-electron chi connectivity index (χ2n) is 8.94. The molecule has 1 aromatic carbocycles. The summed E-state index contributed by atoms with van der Waals surface area (Å²) < 4.78 is 17.5. The standard InChI is InChI=1S/C26H33N3O6/c1-33-19-8-6-7-18(15-19)17-27-12-10-20-24(22(34-2)16-23(30)28(20)14-13-27)25(31)29-11-5-4-9-21(29)26(32)35-3/h6-8,15-16,21H,4-5,9-14,17H2,1-3H3. The molecule has 3 heterocycles. The Morgan fingerprint density at radius 1 is 1.00 bits per heavy atom. The van der Waals surface area contributed by atoms with Crippen molar-refractivity contribution in [3.05, 3.63) is 57.5 Å². The first-order chi connectivity index (χ1) is 17.0. The smallest absolute Gasteiger partial charge is 0.328 e. The van der Waals surface area contributed by atoms with Gasteiger partial charge in [-0.05, 0) is 37.0 Å². The fourth-order valence-corrected chi connectivity index (χ4v) is 5.07. The molecule has 1 amide bonds. The highest BCUT2D eigenvalue weighted by molar-refractivity contribution is 6.00. The fraction of sp³-hybridized carbons (Fsp3) is 0.500. The number of ether oxygens (including phenoxy) is 3. The minimum Gasteiger partial charge on any atom is -0.497 e. The van der Waals surface area contributed by atoms with Crippen LogP contribution < -0.4 is 15.0 Å². The SMILES string of the molecule is COC(=O)C1CCCCN1C(=O)c1c(OC)cc(=O)n2c1CCN(Cc1cccc(OC)c1)CC2. The first-order valence-corrected chi connectivity index (χ1v) is 12.0. The van der Waals surface area contributed by atoms with Crippen LogP contribution in [0.15, 0.2) is 35.1 Å². The lowest BCUT2D eigenvalue weighted by Crippen LogP contribution is -2.49. The number of hydrogen-bond donors (Lipinski definition) is 0. The number of carbonyl (C=O) groups excluding carboxylic acids is 2. The fourth-order valence-electron chi connectivity index (χ4n) is 5.07. The van der Waals surface area contributed by atoms with Crippen molar-refractivity contribution in [3.8, 4) is 11.5 Å². The van der Waals surface area contributed by atoms with Crippen LogP contribution in [-0.2, 0) is 29.0 Å². The highest BCUT2D eigenvalue weighted by Gasteiger charge is 2.36. The third kappa shape index (κ3) is 5.19. The minimum atomic E-state index is -0.631. The summed E-state index contributed by atoms with van der Waals surface area (Å²) in [5.74, 6) is 0.348. The summed E-state index contributed by atoms with van der Waals surface area (Å²) in [6, 6.07) is 8.68. The Morgan fingerprint density at radius 3 is 2.57 bits per heavy atom. The maximum atomic E-state index is 13.8. The largest absolute Gasteiger partial charge is 0.497 e. The van der Waals surface area contributed by atoms with Crippen molar-refractivity contribution < 1.29 is 23.8 Å². The summed E-state index contributed by atoms with van der Waals surface area (Å²) >= 11 is 0. The Kier molecular flexibility index (Phi) is 7.75. The van der Waals surface area contributed by atoms with Crippen molar-refractivity contribution in [2.75, 3.05) is 41.0 Å². The van der Waals surface area contributed by atoms with Crippen LogP contribution in [0.1, 0.15) is 40.9 Å². The molecule has 2 aliphatic rings. The molecular weight excluding hydrogens is 450 g/mol. The molecule has 2 aromatic rings. The number of amides is 1. The van der Waals surface area contributed by atoms with E-state index in [2.05, 4.69) is 4.90 Å². The molecule has 1 atom stereocenters. The van der Waals surface area contributed by atoms with E-state index in [0.717, 1.165) is 24.2 Å². The van der Waals surface area contributed by atoms with Crippen LogP contribution in [0.4, 0.5) is 0 Å². The molecule has 9 heteroatoms. The van der Waals surface area contributed by atoms with Gasteiger partial charge in [0.15, 0.2) is 0 Å². The lowest BCUT2D eigenvalue weighted by molar-refractivity contribution is -0.147. The molecule has 0 radical (unpaired) electrons. The molecule has 2 aliphatic heterocycles. The van der Waals surface area contributed by atoms with Gasteiger partial charge in [-0.3, -0.25) is 14.5 Å². The van der Waals surface area contributed by atoms with Crippen LogP contribution >= 0.6 is 0 Å². The van der Waals surface area contributed by atoms with Gasteiger partial charge in [0.25, 0.3) is 11.5 Å². The zero-order valence-electron chi connectivity index (χ0n) is 20.6. The number of methoxy groups -OCH3 is 3. The predicted molar refractivity (Wildman–Crippen MR) is 130 cm³/mol. The normalized spacial score (nSPS) is 18.4. The van der Waals surface area contributed by atoms with Crippen molar-refractivity contribution in [1.29, 1.82) is 0 Å². The van der Waals surface area contributed by atoms with E-state index < -0.39 is 12.0 Å². The van der Waals surface area contributed by atoms with Gasteiger partial charge in [0.1, 0.15) is 23.1 Å². The minimum absolute atomic E-state index is 0.195. The molecule has 9 nitrogen and oxygen atoms in total. The molecular formula is C26H33N3O6. The molecule has 0 aliphatic carbocycles. The number of benzene rings is 1. The van der Waals surface area contributed by atoms with Gasteiger partial charge in [-0.15, -0.1) is 0 Å². The van der Waals surface area contributed by atoms with E-state index in [1.807, 2.05) is 24.3 Å². The number of piperidine rings is 1. The summed E-state index contributed by atoms with van der Waals surface area (Å²) in [4.78, 5) is 43.1. The lowest BCUT2D eigenvalue weighted by atomic mass is 9.99. The Hall–Kier alpha value is -3.33. The van der Waals surface area contributed by atoms with E-state index in [0.29, 0.717) is 56.8 Å². The number of esters is 1. The molecule has 4 rings (SSSR count). The Morgan fingerprint density at radius 2 is 1.83 bits per heavy atom. The Balaban J connectivity index is 1.64. The lowest BCUT2D eigenvalue weighted by Gasteiger charge is -2.34. The van der Waals surface area contributed by atoms with Gasteiger partial charge < -0.3 is 23.7 Å². The van der Waals surface area contributed by atoms with Crippen LogP contribution in [0.2, 0.25) is 0 Å². The number of carbonyl (C=O) groups is 2. The number of aromatic nitrogens is 1. The molecule has 1 unspecified atom stereocenters. The van der Waals surface area contributed by atoms with Crippen LogP contribution in [-0.4, -0.2) is 73.2 Å². The van der Waals surface area contributed by atoms with E-state index in [-0.39, 0.29) is 17.2 Å². The molecule has 0 N–H and O–H groups in total. The van der Waals surface area contributed by atoms with Gasteiger partial charge in [0, 0.05) is 50.9 Å². The predicted octanol–water partition coefficient (Wildman–Crippen LogP) is 2.09. The summed E-state index contributed by atoms with van der Waals surface area (Å²) in [7, 11) is 4.45.